The molecule has 0 aliphatic heterocycles. The minimum Gasteiger partial charge on any atom is -0.460 e. The van der Waals surface area contributed by atoms with Crippen molar-refractivity contribution in [1.82, 2.24) is 10.6 Å². The summed E-state index contributed by atoms with van der Waals surface area (Å²) >= 11 is 0. The minimum absolute atomic E-state index is 0.0739. The SMILES string of the molecule is CC(C)(C)OC(=O)CC[C@H](NC(=O)C[C@H](NC(=O)CCCN)C(=O)OC(C)(C)C)C(=O)OC(C)(C)C. The molecule has 208 valence electrons. The third-order valence-corrected chi connectivity index (χ3v) is 4.11. The highest BCUT2D eigenvalue weighted by Gasteiger charge is 2.32. The van der Waals surface area contributed by atoms with E-state index in [0.29, 0.717) is 13.0 Å². The van der Waals surface area contributed by atoms with E-state index in [2.05, 4.69) is 10.6 Å². The number of carbonyl (C=O) groups is 5. The molecular weight excluding hydrogens is 470 g/mol. The normalized spacial score (nSPS) is 13.7. The average Bonchev–Trinajstić information content (AvgIpc) is 2.64. The van der Waals surface area contributed by atoms with Crippen molar-refractivity contribution >= 4 is 29.7 Å². The van der Waals surface area contributed by atoms with Crippen molar-refractivity contribution in [2.24, 2.45) is 5.73 Å². The fourth-order valence-corrected chi connectivity index (χ4v) is 2.81. The number of esters is 3. The molecule has 0 aliphatic rings. The zero-order chi connectivity index (χ0) is 28.3. The van der Waals surface area contributed by atoms with Gasteiger partial charge < -0.3 is 30.6 Å². The van der Waals surface area contributed by atoms with Crippen LogP contribution in [0.15, 0.2) is 0 Å². The summed E-state index contributed by atoms with van der Waals surface area (Å²) in [5.74, 6) is -3.23. The smallest absolute Gasteiger partial charge is 0.329 e. The molecule has 0 spiro atoms. The van der Waals surface area contributed by atoms with Gasteiger partial charge in [-0.15, -0.1) is 0 Å². The van der Waals surface area contributed by atoms with E-state index < -0.39 is 65.0 Å². The van der Waals surface area contributed by atoms with Crippen molar-refractivity contribution in [2.45, 2.75) is 123 Å². The molecule has 0 heterocycles. The maximum absolute atomic E-state index is 12.9. The Morgan fingerprint density at radius 2 is 1.11 bits per heavy atom. The first kappa shape index (κ1) is 33.3. The van der Waals surface area contributed by atoms with E-state index in [1.807, 2.05) is 0 Å². The van der Waals surface area contributed by atoms with Crippen LogP contribution in [0.25, 0.3) is 0 Å². The Bertz CT molecular complexity index is 776. The Balaban J connectivity index is 5.53. The van der Waals surface area contributed by atoms with Crippen molar-refractivity contribution in [3.05, 3.63) is 0 Å². The second-order valence-corrected chi connectivity index (χ2v) is 11.5. The highest BCUT2D eigenvalue weighted by Crippen LogP contribution is 2.15. The molecule has 0 unspecified atom stereocenters. The number of ether oxygens (including phenoxy) is 3. The van der Waals surface area contributed by atoms with Crippen LogP contribution in [0.4, 0.5) is 0 Å². The van der Waals surface area contributed by atoms with Gasteiger partial charge in [-0.2, -0.15) is 0 Å². The van der Waals surface area contributed by atoms with Crippen molar-refractivity contribution in [2.75, 3.05) is 6.54 Å². The summed E-state index contributed by atoms with van der Waals surface area (Å²) in [5.41, 5.74) is 3.05. The molecule has 0 saturated carbocycles. The van der Waals surface area contributed by atoms with Gasteiger partial charge in [-0.25, -0.2) is 9.59 Å². The lowest BCUT2D eigenvalue weighted by Gasteiger charge is -2.26. The topological polar surface area (TPSA) is 163 Å². The van der Waals surface area contributed by atoms with E-state index in [4.69, 9.17) is 19.9 Å². The quantitative estimate of drug-likeness (QED) is 0.260. The van der Waals surface area contributed by atoms with Crippen LogP contribution < -0.4 is 16.4 Å². The van der Waals surface area contributed by atoms with E-state index >= 15 is 0 Å². The molecule has 0 aromatic carbocycles. The van der Waals surface area contributed by atoms with Gasteiger partial charge in [0.1, 0.15) is 28.9 Å². The molecular formula is C25H45N3O8. The van der Waals surface area contributed by atoms with Crippen LogP contribution in [0.2, 0.25) is 0 Å². The molecule has 11 nitrogen and oxygen atoms in total. The first-order valence-electron chi connectivity index (χ1n) is 12.2. The van der Waals surface area contributed by atoms with E-state index in [9.17, 15) is 24.0 Å². The summed E-state index contributed by atoms with van der Waals surface area (Å²) in [6, 6.07) is -2.45. The lowest BCUT2D eigenvalue weighted by molar-refractivity contribution is -0.160. The third-order valence-electron chi connectivity index (χ3n) is 4.11. The summed E-state index contributed by atoms with van der Waals surface area (Å²) < 4.78 is 16.0. The van der Waals surface area contributed by atoms with Crippen LogP contribution in [0.1, 0.15) is 94.4 Å². The van der Waals surface area contributed by atoms with Gasteiger partial charge in [0.2, 0.25) is 11.8 Å². The predicted molar refractivity (Wildman–Crippen MR) is 134 cm³/mol. The van der Waals surface area contributed by atoms with Crippen molar-refractivity contribution in [1.29, 1.82) is 0 Å². The summed E-state index contributed by atoms with van der Waals surface area (Å²) in [5, 5.41) is 5.02. The monoisotopic (exact) mass is 515 g/mol. The van der Waals surface area contributed by atoms with E-state index in [1.54, 1.807) is 62.3 Å². The number of amides is 2. The lowest BCUT2D eigenvalue weighted by Crippen LogP contribution is -2.50. The Morgan fingerprint density at radius 1 is 0.667 bits per heavy atom. The summed E-state index contributed by atoms with van der Waals surface area (Å²) in [4.78, 5) is 62.6. The number of hydrogen-bond acceptors (Lipinski definition) is 9. The van der Waals surface area contributed by atoms with E-state index in [-0.39, 0.29) is 19.3 Å². The highest BCUT2D eigenvalue weighted by atomic mass is 16.6. The van der Waals surface area contributed by atoms with Gasteiger partial charge in [0, 0.05) is 12.8 Å². The molecule has 0 radical (unpaired) electrons. The van der Waals surface area contributed by atoms with Crippen LogP contribution >= 0.6 is 0 Å². The van der Waals surface area contributed by atoms with Gasteiger partial charge in [-0.1, -0.05) is 0 Å². The summed E-state index contributed by atoms with van der Waals surface area (Å²) in [6.45, 7) is 15.5. The number of nitrogens with one attached hydrogen (secondary N) is 2. The highest BCUT2D eigenvalue weighted by molar-refractivity contribution is 5.91. The molecule has 0 aliphatic carbocycles. The van der Waals surface area contributed by atoms with E-state index in [0.717, 1.165) is 0 Å². The minimum atomic E-state index is -1.28. The predicted octanol–water partition coefficient (Wildman–Crippen LogP) is 1.89. The molecule has 11 heteroatoms. The molecule has 36 heavy (non-hydrogen) atoms. The van der Waals surface area contributed by atoms with Gasteiger partial charge in [0.05, 0.1) is 6.42 Å². The zero-order valence-electron chi connectivity index (χ0n) is 23.2. The molecule has 0 aromatic heterocycles. The van der Waals surface area contributed by atoms with Gasteiger partial charge in [0.15, 0.2) is 0 Å². The lowest BCUT2D eigenvalue weighted by atomic mass is 10.1. The van der Waals surface area contributed by atoms with Crippen LogP contribution in [-0.4, -0.2) is 65.2 Å². The van der Waals surface area contributed by atoms with E-state index in [1.165, 1.54) is 0 Å². The largest absolute Gasteiger partial charge is 0.460 e. The molecule has 0 bridgehead atoms. The van der Waals surface area contributed by atoms with Gasteiger partial charge >= 0.3 is 17.9 Å². The van der Waals surface area contributed by atoms with Crippen LogP contribution in [-0.2, 0) is 38.2 Å². The number of hydrogen-bond donors (Lipinski definition) is 3. The van der Waals surface area contributed by atoms with Crippen LogP contribution in [0.3, 0.4) is 0 Å². The molecule has 0 fully saturated rings. The fourth-order valence-electron chi connectivity index (χ4n) is 2.81. The van der Waals surface area contributed by atoms with Gasteiger partial charge in [0.25, 0.3) is 0 Å². The average molecular weight is 516 g/mol. The third kappa shape index (κ3) is 16.9. The molecule has 0 rings (SSSR count). The standard InChI is InChI=1S/C25H45N3O8/c1-23(2,3)34-20(31)13-12-16(21(32)35-24(4,5)6)27-19(30)15-17(22(33)36-25(7,8)9)28-18(29)11-10-14-26/h16-17H,10-15,26H2,1-9H3,(H,27,30)(H,28,29)/t16-,17-/m0/s1. The first-order chi connectivity index (χ1) is 16.2. The summed E-state index contributed by atoms with van der Waals surface area (Å²) in [7, 11) is 0. The second-order valence-electron chi connectivity index (χ2n) is 11.5. The Labute approximate surface area is 214 Å². The maximum atomic E-state index is 12.9. The Kier molecular flexibility index (Phi) is 13.1. The Morgan fingerprint density at radius 3 is 1.56 bits per heavy atom. The van der Waals surface area contributed by atoms with Crippen molar-refractivity contribution in [3.8, 4) is 0 Å². The molecule has 0 aromatic rings. The molecule has 4 N–H and O–H groups in total. The van der Waals surface area contributed by atoms with Crippen LogP contribution in [0, 0.1) is 0 Å². The molecule has 2 atom stereocenters. The first-order valence-corrected chi connectivity index (χ1v) is 12.2. The number of nitrogens with two attached hydrogens (primary N) is 1. The molecule has 0 saturated heterocycles. The van der Waals surface area contributed by atoms with Gasteiger partial charge in [-0.3, -0.25) is 14.4 Å². The number of rotatable bonds is 12. The fraction of sp³-hybridized carbons (Fsp3) is 0.800. The number of carbonyl (C=O) groups excluding carboxylic acids is 5. The maximum Gasteiger partial charge on any atom is 0.329 e. The summed E-state index contributed by atoms with van der Waals surface area (Å²) in [6.07, 6.45) is -0.213. The van der Waals surface area contributed by atoms with Crippen molar-refractivity contribution in [3.63, 3.8) is 0 Å². The van der Waals surface area contributed by atoms with Crippen LogP contribution in [0.5, 0.6) is 0 Å². The molecule has 2 amide bonds. The Hall–Kier alpha value is -2.69. The van der Waals surface area contributed by atoms with Gasteiger partial charge in [-0.05, 0) is 81.7 Å². The second kappa shape index (κ2) is 14.2. The van der Waals surface area contributed by atoms with Crippen molar-refractivity contribution < 1.29 is 38.2 Å². The zero-order valence-corrected chi connectivity index (χ0v) is 23.2.